The van der Waals surface area contributed by atoms with Crippen molar-refractivity contribution in [2.75, 3.05) is 24.6 Å². The number of nitrogens with one attached hydrogen (secondary N) is 4. The number of carboxylic acid groups (broad SMARTS) is 1. The minimum absolute atomic E-state index is 0.0164. The summed E-state index contributed by atoms with van der Waals surface area (Å²) in [5.74, 6) is -0.787. The third-order valence-electron chi connectivity index (χ3n) is 10.3. The molecule has 312 valence electrons. The average molecular weight is 829 g/mol. The number of ether oxygens (including phenoxy) is 1. The molecule has 0 unspecified atom stereocenters. The number of carbonyl (C=O) groups excluding carboxylic acids is 4. The molecule has 0 radical (unpaired) electrons. The first-order chi connectivity index (χ1) is 27.0. The number of nitrogens with zero attached hydrogens (tertiary/aromatic N) is 1. The van der Waals surface area contributed by atoms with Crippen LogP contribution in [0.5, 0.6) is 5.75 Å². The number of fused-ring (bicyclic) bond motifs is 1. The minimum atomic E-state index is -4.34. The molecule has 0 aliphatic carbocycles. The van der Waals surface area contributed by atoms with Crippen LogP contribution in [0.4, 0.5) is 10.5 Å². The summed E-state index contributed by atoms with van der Waals surface area (Å²) in [6.07, 6.45) is 5.61. The monoisotopic (exact) mass is 828 g/mol. The third kappa shape index (κ3) is 11.9. The number of Topliss-reactive ketones (excluding diaryl/α,β-unsaturated/α-hetero) is 1. The fraction of sp³-hybridized carbons (Fsp3) is 0.575. The van der Waals surface area contributed by atoms with Crippen LogP contribution in [-0.4, -0.2) is 101 Å². The number of urea groups is 1. The maximum absolute atomic E-state index is 13.9. The lowest BCUT2D eigenvalue weighted by Gasteiger charge is -2.26. The number of hydrogen-bond acceptors (Lipinski definition) is 10. The van der Waals surface area contributed by atoms with Crippen LogP contribution in [0.1, 0.15) is 101 Å². The lowest BCUT2D eigenvalue weighted by atomic mass is 10.0. The minimum Gasteiger partial charge on any atom is -0.488 e. The van der Waals surface area contributed by atoms with Crippen LogP contribution in [0.15, 0.2) is 47.4 Å². The lowest BCUT2D eigenvalue weighted by molar-refractivity contribution is -0.142. The number of carboxylic acids is 1. The maximum atomic E-state index is 13.9. The number of aliphatic carboxylic acids is 1. The predicted octanol–water partition coefficient (Wildman–Crippen LogP) is 4.00. The van der Waals surface area contributed by atoms with Gasteiger partial charge in [-0.3, -0.25) is 14.4 Å². The summed E-state index contributed by atoms with van der Waals surface area (Å²) in [6.45, 7) is 6.25. The molecular formula is C40H56N6O9S2. The highest BCUT2D eigenvalue weighted by Gasteiger charge is 2.43. The Hall–Kier alpha value is -4.35. The smallest absolute Gasteiger partial charge is 0.326 e. The van der Waals surface area contributed by atoms with E-state index >= 15 is 0 Å². The Morgan fingerprint density at radius 3 is 2.47 bits per heavy atom. The number of benzene rings is 2. The Morgan fingerprint density at radius 2 is 1.75 bits per heavy atom. The van der Waals surface area contributed by atoms with Gasteiger partial charge >= 0.3 is 12.0 Å². The van der Waals surface area contributed by atoms with Gasteiger partial charge in [0.1, 0.15) is 28.3 Å². The highest BCUT2D eigenvalue weighted by Crippen LogP contribution is 2.34. The van der Waals surface area contributed by atoms with Gasteiger partial charge in [0.05, 0.1) is 17.8 Å². The molecule has 3 aliphatic rings. The SMILES string of the molecule is CC(C)(C)Oc1ccc(C[C@H](NC(=O)[C@@H]2CCCN2S(=O)(=O)c2cccc(C(=O)CCCCCNC(=O)CCCC[C@@H]3SC[C@@H]4NC(=O)N[C@@H]43)c2N)C(=O)O)cc1. The van der Waals surface area contributed by atoms with Crippen molar-refractivity contribution in [1.29, 1.82) is 0 Å². The molecule has 57 heavy (non-hydrogen) atoms. The van der Waals surface area contributed by atoms with Crippen molar-refractivity contribution in [2.24, 2.45) is 0 Å². The Morgan fingerprint density at radius 1 is 1.02 bits per heavy atom. The molecule has 3 saturated heterocycles. The topological polar surface area (TPSA) is 226 Å². The van der Waals surface area contributed by atoms with Crippen molar-refractivity contribution in [3.8, 4) is 5.75 Å². The number of sulfonamides is 1. The van der Waals surface area contributed by atoms with Crippen molar-refractivity contribution in [1.82, 2.24) is 25.6 Å². The number of anilines is 1. The molecule has 5 atom stereocenters. The average Bonchev–Trinajstić information content (AvgIpc) is 3.88. The Balaban J connectivity index is 1.06. The molecule has 0 spiro atoms. The van der Waals surface area contributed by atoms with Crippen LogP contribution in [-0.2, 0) is 30.8 Å². The van der Waals surface area contributed by atoms with E-state index in [-0.39, 0.29) is 71.8 Å². The van der Waals surface area contributed by atoms with E-state index in [0.29, 0.717) is 55.2 Å². The van der Waals surface area contributed by atoms with Gasteiger partial charge in [0.2, 0.25) is 21.8 Å². The number of hydrogen-bond donors (Lipinski definition) is 6. The van der Waals surface area contributed by atoms with Crippen LogP contribution in [0.2, 0.25) is 0 Å². The number of nitrogen functional groups attached to an aromatic ring is 1. The van der Waals surface area contributed by atoms with Gasteiger partial charge in [-0.15, -0.1) is 0 Å². The fourth-order valence-corrected chi connectivity index (χ4v) is 10.8. The van der Waals surface area contributed by atoms with Crippen molar-refractivity contribution < 1.29 is 42.2 Å². The van der Waals surface area contributed by atoms with Gasteiger partial charge in [-0.25, -0.2) is 18.0 Å². The Labute approximate surface area is 339 Å². The van der Waals surface area contributed by atoms with E-state index in [0.717, 1.165) is 29.3 Å². The van der Waals surface area contributed by atoms with Crippen LogP contribution >= 0.6 is 11.8 Å². The zero-order valence-electron chi connectivity index (χ0n) is 32.9. The van der Waals surface area contributed by atoms with E-state index in [1.807, 2.05) is 32.5 Å². The summed E-state index contributed by atoms with van der Waals surface area (Å²) in [4.78, 5) is 62.4. The van der Waals surface area contributed by atoms with E-state index in [2.05, 4.69) is 21.3 Å². The fourth-order valence-electron chi connectivity index (χ4n) is 7.49. The van der Waals surface area contributed by atoms with E-state index in [9.17, 15) is 37.5 Å². The van der Waals surface area contributed by atoms with Gasteiger partial charge in [-0.2, -0.15) is 16.1 Å². The van der Waals surface area contributed by atoms with E-state index < -0.39 is 39.6 Å². The number of carbonyl (C=O) groups is 5. The standard InChI is InChI=1S/C40H56N6O9S2/c1-40(2,3)55-26-19-17-25(18-20-26)23-28(38(50)51)43-37(49)30-12-10-22-46(30)57(53,54)33-15-9-11-27(35(33)41)31(47)13-5-4-8-21-42-34(48)16-7-6-14-32-36-29(24-56-32)44-39(52)45-36/h9,11,15,17-20,28-30,32,36H,4-8,10,12-14,16,21-24,41H2,1-3H3,(H,42,48)(H,43,49)(H,50,51)(H2,44,45,52)/t28-,29-,30-,32-,36-/m0/s1. The van der Waals surface area contributed by atoms with Crippen molar-refractivity contribution in [3.05, 3.63) is 53.6 Å². The molecule has 3 aliphatic heterocycles. The highest BCUT2D eigenvalue weighted by molar-refractivity contribution is 8.00. The second kappa shape index (κ2) is 19.4. The first kappa shape index (κ1) is 43.8. The molecule has 15 nitrogen and oxygen atoms in total. The van der Waals surface area contributed by atoms with Gasteiger partial charge in [0.25, 0.3) is 0 Å². The summed E-state index contributed by atoms with van der Waals surface area (Å²) in [5, 5.41) is 21.7. The molecule has 0 saturated carbocycles. The first-order valence-electron chi connectivity index (χ1n) is 19.7. The number of unbranched alkanes of at least 4 members (excludes halogenated alkanes) is 3. The quantitative estimate of drug-likeness (QED) is 0.0484. The van der Waals surface area contributed by atoms with Crippen molar-refractivity contribution in [2.45, 2.75) is 131 Å². The molecular weight excluding hydrogens is 773 g/mol. The summed E-state index contributed by atoms with van der Waals surface area (Å²) in [5.41, 5.74) is 6.45. The molecule has 7 N–H and O–H groups in total. The molecule has 2 aromatic carbocycles. The number of amides is 4. The van der Waals surface area contributed by atoms with E-state index in [1.165, 1.54) is 18.2 Å². The molecule has 4 amide bonds. The molecule has 17 heteroatoms. The van der Waals surface area contributed by atoms with E-state index in [1.54, 1.807) is 24.3 Å². The third-order valence-corrected chi connectivity index (χ3v) is 13.8. The summed E-state index contributed by atoms with van der Waals surface area (Å²) < 4.78 is 34.7. The zero-order chi connectivity index (χ0) is 41.3. The van der Waals surface area contributed by atoms with Crippen molar-refractivity contribution in [3.63, 3.8) is 0 Å². The molecule has 3 fully saturated rings. The number of para-hydroxylation sites is 1. The van der Waals surface area contributed by atoms with Gasteiger partial charge in [-0.05, 0) is 89.1 Å². The summed E-state index contributed by atoms with van der Waals surface area (Å²) >= 11 is 1.86. The molecule has 5 rings (SSSR count). The molecule has 3 heterocycles. The molecule has 2 aromatic rings. The van der Waals surface area contributed by atoms with Gasteiger partial charge in [-0.1, -0.05) is 31.0 Å². The Bertz CT molecular complexity index is 1890. The molecule has 0 bridgehead atoms. The number of thioether (sulfide) groups is 1. The second-order valence-electron chi connectivity index (χ2n) is 15.9. The normalized spacial score (nSPS) is 21.3. The predicted molar refractivity (Wildman–Crippen MR) is 218 cm³/mol. The largest absolute Gasteiger partial charge is 0.488 e. The maximum Gasteiger partial charge on any atom is 0.326 e. The van der Waals surface area contributed by atoms with Crippen LogP contribution < -0.4 is 31.7 Å². The zero-order valence-corrected chi connectivity index (χ0v) is 34.5. The van der Waals surface area contributed by atoms with Crippen molar-refractivity contribution >= 4 is 57.1 Å². The summed E-state index contributed by atoms with van der Waals surface area (Å²) in [6, 6.07) is 8.93. The van der Waals surface area contributed by atoms with Gasteiger partial charge in [0.15, 0.2) is 5.78 Å². The second-order valence-corrected chi connectivity index (χ2v) is 19.0. The number of rotatable bonds is 20. The number of ketones is 1. The van der Waals surface area contributed by atoms with Gasteiger partial charge < -0.3 is 36.8 Å². The lowest BCUT2D eigenvalue weighted by Crippen LogP contribution is -2.51. The molecule has 0 aromatic heterocycles. The highest BCUT2D eigenvalue weighted by atomic mass is 32.2. The van der Waals surface area contributed by atoms with Crippen LogP contribution in [0.3, 0.4) is 0 Å². The van der Waals surface area contributed by atoms with Crippen LogP contribution in [0, 0.1) is 0 Å². The van der Waals surface area contributed by atoms with Gasteiger partial charge in [0, 0.05) is 48.9 Å². The van der Waals surface area contributed by atoms with Crippen LogP contribution in [0.25, 0.3) is 0 Å². The first-order valence-corrected chi connectivity index (χ1v) is 22.2. The van der Waals surface area contributed by atoms with E-state index in [4.69, 9.17) is 10.5 Å². The number of nitrogens with two attached hydrogens (primary N) is 1. The summed E-state index contributed by atoms with van der Waals surface area (Å²) in [7, 11) is -4.34. The Kier molecular flexibility index (Phi) is 14.9.